The van der Waals surface area contributed by atoms with Crippen LogP contribution in [0.2, 0.25) is 0 Å². The third-order valence-corrected chi connectivity index (χ3v) is 6.73. The molecule has 1 aromatic carbocycles. The molecule has 0 spiro atoms. The SMILES string of the molecule is O=S(=O)(c1cccc2c1N=S=N2)N1CC[C@H]2CNC[C@H]21. The standard InChI is InChI=1S/C12H14N4O2S2/c17-20(18,16-5-4-8-6-13-7-10(8)16)11-3-1-2-9-12(11)15-19-14-9/h1-3,8,10,13H,4-7H2/t8-,10+/m0/s1. The van der Waals surface area contributed by atoms with Gasteiger partial charge in [-0.1, -0.05) is 6.07 Å². The first-order chi connectivity index (χ1) is 9.68. The molecule has 1 aromatic rings. The van der Waals surface area contributed by atoms with Gasteiger partial charge in [-0.15, -0.1) is 0 Å². The minimum atomic E-state index is -3.49. The van der Waals surface area contributed by atoms with Crippen molar-refractivity contribution in [1.29, 1.82) is 0 Å². The number of fused-ring (bicyclic) bond motifs is 2. The Labute approximate surface area is 121 Å². The van der Waals surface area contributed by atoms with Crippen LogP contribution >= 0.6 is 0 Å². The number of hydrogen-bond acceptors (Lipinski definition) is 5. The molecular formula is C12H14N4O2S2. The molecule has 0 saturated carbocycles. The predicted octanol–water partition coefficient (Wildman–Crippen LogP) is 1.40. The highest BCUT2D eigenvalue weighted by Crippen LogP contribution is 2.41. The Kier molecular flexibility index (Phi) is 2.81. The fourth-order valence-electron chi connectivity index (χ4n) is 3.22. The number of hydrogen-bond donors (Lipinski definition) is 1. The van der Waals surface area contributed by atoms with E-state index in [2.05, 4.69) is 14.0 Å². The second-order valence-corrected chi connectivity index (χ2v) is 7.67. The average Bonchev–Trinajstić information content (AvgIpc) is 3.13. The third kappa shape index (κ3) is 1.72. The average molecular weight is 310 g/mol. The molecule has 106 valence electrons. The summed E-state index contributed by atoms with van der Waals surface area (Å²) in [5.41, 5.74) is 1.14. The molecule has 0 aliphatic carbocycles. The molecule has 1 N–H and O–H groups in total. The molecule has 0 bridgehead atoms. The number of nitrogens with one attached hydrogen (secondary N) is 1. The molecule has 3 aliphatic rings. The number of nitrogens with zero attached hydrogens (tertiary/aromatic N) is 3. The third-order valence-electron chi connectivity index (χ3n) is 4.23. The Morgan fingerprint density at radius 1 is 1.30 bits per heavy atom. The van der Waals surface area contributed by atoms with E-state index in [1.54, 1.807) is 22.5 Å². The van der Waals surface area contributed by atoms with Crippen molar-refractivity contribution in [2.45, 2.75) is 17.4 Å². The summed E-state index contributed by atoms with van der Waals surface area (Å²) in [6.07, 6.45) is 0.933. The van der Waals surface area contributed by atoms with Crippen molar-refractivity contribution in [3.8, 4) is 0 Å². The molecule has 2 atom stereocenters. The van der Waals surface area contributed by atoms with Crippen LogP contribution < -0.4 is 5.32 Å². The molecule has 6 nitrogen and oxygen atoms in total. The van der Waals surface area contributed by atoms with Crippen LogP contribution in [0.25, 0.3) is 0 Å². The van der Waals surface area contributed by atoms with Gasteiger partial charge in [-0.05, 0) is 31.0 Å². The van der Waals surface area contributed by atoms with E-state index >= 15 is 0 Å². The minimum absolute atomic E-state index is 0.0850. The zero-order valence-corrected chi connectivity index (χ0v) is 12.3. The maximum Gasteiger partial charge on any atom is 0.245 e. The largest absolute Gasteiger partial charge is 0.315 e. The van der Waals surface area contributed by atoms with Crippen LogP contribution in [0.4, 0.5) is 11.4 Å². The molecule has 8 heteroatoms. The van der Waals surface area contributed by atoms with E-state index < -0.39 is 10.0 Å². The minimum Gasteiger partial charge on any atom is -0.315 e. The Hall–Kier alpha value is -1.09. The van der Waals surface area contributed by atoms with Gasteiger partial charge in [-0.25, -0.2) is 8.42 Å². The summed E-state index contributed by atoms with van der Waals surface area (Å²) in [4.78, 5) is 0.288. The van der Waals surface area contributed by atoms with Crippen molar-refractivity contribution in [1.82, 2.24) is 9.62 Å². The van der Waals surface area contributed by atoms with E-state index in [1.807, 2.05) is 0 Å². The van der Waals surface area contributed by atoms with Crippen molar-refractivity contribution < 1.29 is 8.42 Å². The summed E-state index contributed by atoms with van der Waals surface area (Å²) in [5, 5.41) is 3.28. The monoisotopic (exact) mass is 310 g/mol. The maximum atomic E-state index is 12.9. The molecule has 20 heavy (non-hydrogen) atoms. The highest BCUT2D eigenvalue weighted by Gasteiger charge is 2.44. The Morgan fingerprint density at radius 3 is 3.10 bits per heavy atom. The molecule has 2 fully saturated rings. The zero-order valence-electron chi connectivity index (χ0n) is 10.7. The van der Waals surface area contributed by atoms with Crippen LogP contribution in [0.3, 0.4) is 0 Å². The van der Waals surface area contributed by atoms with Crippen LogP contribution in [0, 0.1) is 5.92 Å². The lowest BCUT2D eigenvalue weighted by atomic mass is 10.1. The van der Waals surface area contributed by atoms with Gasteiger partial charge in [0.15, 0.2) is 0 Å². The van der Waals surface area contributed by atoms with Crippen LogP contribution in [0.5, 0.6) is 0 Å². The lowest BCUT2D eigenvalue weighted by molar-refractivity contribution is 0.383. The molecule has 2 saturated heterocycles. The van der Waals surface area contributed by atoms with Crippen molar-refractivity contribution in [2.75, 3.05) is 19.6 Å². The highest BCUT2D eigenvalue weighted by molar-refractivity contribution is 7.89. The van der Waals surface area contributed by atoms with Crippen LogP contribution in [0.1, 0.15) is 6.42 Å². The van der Waals surface area contributed by atoms with Gasteiger partial charge in [0.2, 0.25) is 10.0 Å². The molecule has 3 heterocycles. The predicted molar refractivity (Wildman–Crippen MR) is 76.6 cm³/mol. The topological polar surface area (TPSA) is 74.1 Å². The van der Waals surface area contributed by atoms with E-state index in [4.69, 9.17) is 0 Å². The van der Waals surface area contributed by atoms with Gasteiger partial charge >= 0.3 is 0 Å². The van der Waals surface area contributed by atoms with E-state index in [-0.39, 0.29) is 10.9 Å². The Morgan fingerprint density at radius 2 is 2.20 bits per heavy atom. The van der Waals surface area contributed by atoms with Gasteiger partial charge in [0.25, 0.3) is 0 Å². The Bertz CT molecular complexity index is 740. The van der Waals surface area contributed by atoms with Crippen molar-refractivity contribution >= 4 is 32.8 Å². The molecule has 0 aromatic heterocycles. The van der Waals surface area contributed by atoms with Gasteiger partial charge in [-0.3, -0.25) is 0 Å². The molecule has 0 unspecified atom stereocenters. The molecule has 3 aliphatic heterocycles. The van der Waals surface area contributed by atoms with Gasteiger partial charge in [0, 0.05) is 19.1 Å². The second kappa shape index (κ2) is 4.45. The first-order valence-electron chi connectivity index (χ1n) is 6.62. The molecular weight excluding hydrogens is 296 g/mol. The quantitative estimate of drug-likeness (QED) is 0.911. The molecule has 0 amide bonds. The number of rotatable bonds is 2. The van der Waals surface area contributed by atoms with E-state index in [1.165, 1.54) is 0 Å². The summed E-state index contributed by atoms with van der Waals surface area (Å²) in [5.74, 6) is 0.442. The smallest absolute Gasteiger partial charge is 0.245 e. The van der Waals surface area contributed by atoms with Crippen molar-refractivity contribution in [3.05, 3.63) is 18.2 Å². The van der Waals surface area contributed by atoms with Crippen LogP contribution in [-0.2, 0) is 21.4 Å². The highest BCUT2D eigenvalue weighted by atomic mass is 32.2. The zero-order chi connectivity index (χ0) is 13.7. The number of benzene rings is 1. The van der Waals surface area contributed by atoms with Crippen LogP contribution in [0.15, 0.2) is 31.8 Å². The van der Waals surface area contributed by atoms with E-state index in [9.17, 15) is 8.42 Å². The summed E-state index contributed by atoms with van der Waals surface area (Å²) < 4.78 is 35.8. The number of sulfonamides is 1. The van der Waals surface area contributed by atoms with E-state index in [0.29, 0.717) is 23.8 Å². The lowest BCUT2D eigenvalue weighted by Gasteiger charge is -2.23. The Balaban J connectivity index is 1.78. The molecule has 0 radical (unpaired) electrons. The maximum absolute atomic E-state index is 12.9. The van der Waals surface area contributed by atoms with Gasteiger partial charge in [-0.2, -0.15) is 13.0 Å². The fourth-order valence-corrected chi connectivity index (χ4v) is 5.68. The summed E-state index contributed by atoms with van der Waals surface area (Å²) in [7, 11) is -3.49. The van der Waals surface area contributed by atoms with Gasteiger partial charge in [0.1, 0.15) is 16.3 Å². The summed E-state index contributed by atoms with van der Waals surface area (Å²) in [6.45, 7) is 2.27. The first-order valence-corrected chi connectivity index (χ1v) is 8.79. The summed E-state index contributed by atoms with van der Waals surface area (Å²) >= 11 is 1.05. The van der Waals surface area contributed by atoms with Crippen LogP contribution in [-0.4, -0.2) is 38.4 Å². The van der Waals surface area contributed by atoms with E-state index in [0.717, 1.165) is 30.9 Å². The first kappa shape index (κ1) is 12.6. The van der Waals surface area contributed by atoms with Gasteiger partial charge in [0.05, 0.1) is 11.4 Å². The lowest BCUT2D eigenvalue weighted by Crippen LogP contribution is -2.39. The summed E-state index contributed by atoms with van der Waals surface area (Å²) in [6, 6.07) is 5.25. The molecule has 4 rings (SSSR count). The van der Waals surface area contributed by atoms with Crippen molar-refractivity contribution in [3.63, 3.8) is 0 Å². The van der Waals surface area contributed by atoms with Gasteiger partial charge < -0.3 is 5.32 Å². The fraction of sp³-hybridized carbons (Fsp3) is 0.500. The second-order valence-electron chi connectivity index (χ2n) is 5.28. The normalized spacial score (nSPS) is 28.4. The van der Waals surface area contributed by atoms with Crippen molar-refractivity contribution in [2.24, 2.45) is 14.6 Å².